The SMILES string of the molecule is NS(=O)(=O)CCCCCCCCCOc1cccc(Cl)c1. The van der Waals surface area contributed by atoms with Crippen molar-refractivity contribution >= 4 is 21.6 Å². The number of nitrogens with two attached hydrogens (primary N) is 1. The fraction of sp³-hybridized carbons (Fsp3) is 0.600. The maximum atomic E-state index is 10.7. The Kier molecular flexibility index (Phi) is 8.73. The maximum Gasteiger partial charge on any atom is 0.209 e. The van der Waals surface area contributed by atoms with E-state index in [1.54, 1.807) is 0 Å². The molecular weight excluding hydrogens is 310 g/mol. The summed E-state index contributed by atoms with van der Waals surface area (Å²) in [5.41, 5.74) is 0. The molecule has 0 aliphatic rings. The molecule has 2 N–H and O–H groups in total. The van der Waals surface area contributed by atoms with Crippen LogP contribution in [0.4, 0.5) is 0 Å². The van der Waals surface area contributed by atoms with Gasteiger partial charge in [-0.3, -0.25) is 0 Å². The molecule has 0 aromatic heterocycles. The highest BCUT2D eigenvalue weighted by molar-refractivity contribution is 7.89. The third kappa shape index (κ3) is 10.6. The number of hydrogen-bond acceptors (Lipinski definition) is 3. The normalized spacial score (nSPS) is 11.5. The Morgan fingerprint density at radius 1 is 1.00 bits per heavy atom. The number of rotatable bonds is 11. The average Bonchev–Trinajstić information content (AvgIpc) is 2.40. The fourth-order valence-corrected chi connectivity index (χ4v) is 2.82. The molecule has 0 saturated heterocycles. The molecule has 0 amide bonds. The fourth-order valence-electron chi connectivity index (χ4n) is 2.04. The van der Waals surface area contributed by atoms with Crippen molar-refractivity contribution < 1.29 is 13.2 Å². The molecule has 1 aromatic rings. The van der Waals surface area contributed by atoms with Crippen LogP contribution in [0.5, 0.6) is 5.75 Å². The van der Waals surface area contributed by atoms with Crippen LogP contribution in [-0.4, -0.2) is 20.8 Å². The molecule has 0 unspecified atom stereocenters. The highest BCUT2D eigenvalue weighted by atomic mass is 35.5. The van der Waals surface area contributed by atoms with Gasteiger partial charge in [0.2, 0.25) is 10.0 Å². The van der Waals surface area contributed by atoms with Crippen molar-refractivity contribution in [3.63, 3.8) is 0 Å². The maximum absolute atomic E-state index is 10.7. The number of halogens is 1. The van der Waals surface area contributed by atoms with Crippen molar-refractivity contribution in [3.05, 3.63) is 29.3 Å². The summed E-state index contributed by atoms with van der Waals surface area (Å²) in [6, 6.07) is 7.41. The van der Waals surface area contributed by atoms with Crippen LogP contribution in [-0.2, 0) is 10.0 Å². The Bertz CT molecular complexity index is 505. The third-order valence-electron chi connectivity index (χ3n) is 3.14. The molecule has 21 heavy (non-hydrogen) atoms. The monoisotopic (exact) mass is 333 g/mol. The van der Waals surface area contributed by atoms with Gasteiger partial charge in [0.05, 0.1) is 12.4 Å². The zero-order chi connectivity index (χ0) is 15.6. The summed E-state index contributed by atoms with van der Waals surface area (Å²) in [4.78, 5) is 0. The predicted molar refractivity (Wildman–Crippen MR) is 87.2 cm³/mol. The van der Waals surface area contributed by atoms with E-state index in [1.165, 1.54) is 0 Å². The van der Waals surface area contributed by atoms with E-state index in [2.05, 4.69) is 0 Å². The van der Waals surface area contributed by atoms with Crippen LogP contribution in [0.2, 0.25) is 5.02 Å². The van der Waals surface area contributed by atoms with Gasteiger partial charge in [0, 0.05) is 5.02 Å². The molecule has 0 atom stereocenters. The molecule has 0 aliphatic heterocycles. The van der Waals surface area contributed by atoms with Gasteiger partial charge in [-0.15, -0.1) is 0 Å². The molecule has 0 fully saturated rings. The molecule has 0 saturated carbocycles. The molecule has 0 heterocycles. The van der Waals surface area contributed by atoms with Crippen LogP contribution in [0.3, 0.4) is 0 Å². The largest absolute Gasteiger partial charge is 0.494 e. The highest BCUT2D eigenvalue weighted by Crippen LogP contribution is 2.17. The second-order valence-corrected chi connectivity index (χ2v) is 7.32. The zero-order valence-corrected chi connectivity index (χ0v) is 13.8. The van der Waals surface area contributed by atoms with Gasteiger partial charge in [-0.25, -0.2) is 13.6 Å². The Labute approximate surface area is 132 Å². The van der Waals surface area contributed by atoms with Crippen molar-refractivity contribution in [2.24, 2.45) is 5.14 Å². The number of unbranched alkanes of at least 4 members (excludes halogenated alkanes) is 6. The van der Waals surface area contributed by atoms with Gasteiger partial charge < -0.3 is 4.74 Å². The molecule has 120 valence electrons. The summed E-state index contributed by atoms with van der Waals surface area (Å²) in [5.74, 6) is 0.908. The summed E-state index contributed by atoms with van der Waals surface area (Å²) in [6.45, 7) is 0.700. The lowest BCUT2D eigenvalue weighted by atomic mass is 10.1. The lowest BCUT2D eigenvalue weighted by molar-refractivity contribution is 0.304. The van der Waals surface area contributed by atoms with Gasteiger partial charge in [0.25, 0.3) is 0 Å². The van der Waals surface area contributed by atoms with Crippen LogP contribution in [0.15, 0.2) is 24.3 Å². The molecule has 1 aromatic carbocycles. The van der Waals surface area contributed by atoms with E-state index in [1.807, 2.05) is 24.3 Å². The molecule has 4 nitrogen and oxygen atoms in total. The summed E-state index contributed by atoms with van der Waals surface area (Å²) in [7, 11) is -3.28. The first-order chi connectivity index (χ1) is 9.97. The summed E-state index contributed by atoms with van der Waals surface area (Å²) in [5, 5.41) is 5.63. The van der Waals surface area contributed by atoms with Crippen LogP contribution in [0.1, 0.15) is 44.9 Å². The van der Waals surface area contributed by atoms with Crippen molar-refractivity contribution in [1.29, 1.82) is 0 Å². The van der Waals surface area contributed by atoms with E-state index in [0.29, 0.717) is 18.1 Å². The first-order valence-electron chi connectivity index (χ1n) is 7.36. The van der Waals surface area contributed by atoms with Crippen LogP contribution < -0.4 is 9.88 Å². The number of primary sulfonamides is 1. The van der Waals surface area contributed by atoms with E-state index >= 15 is 0 Å². The zero-order valence-electron chi connectivity index (χ0n) is 12.3. The molecule has 6 heteroatoms. The summed E-state index contributed by atoms with van der Waals surface area (Å²) in [6.07, 6.45) is 7.06. The second kappa shape index (κ2) is 10.0. The second-order valence-electron chi connectivity index (χ2n) is 5.15. The first-order valence-corrected chi connectivity index (χ1v) is 9.45. The molecular formula is C15H24ClNO3S. The highest BCUT2D eigenvalue weighted by Gasteiger charge is 2.01. The number of sulfonamides is 1. The van der Waals surface area contributed by atoms with Crippen LogP contribution >= 0.6 is 11.6 Å². The van der Waals surface area contributed by atoms with E-state index in [-0.39, 0.29) is 5.75 Å². The van der Waals surface area contributed by atoms with Crippen molar-refractivity contribution in [2.75, 3.05) is 12.4 Å². The third-order valence-corrected chi connectivity index (χ3v) is 4.23. The van der Waals surface area contributed by atoms with E-state index < -0.39 is 10.0 Å². The topological polar surface area (TPSA) is 69.4 Å². The van der Waals surface area contributed by atoms with Crippen molar-refractivity contribution in [2.45, 2.75) is 44.9 Å². The smallest absolute Gasteiger partial charge is 0.209 e. The van der Waals surface area contributed by atoms with Gasteiger partial charge in [-0.1, -0.05) is 49.8 Å². The van der Waals surface area contributed by atoms with Gasteiger partial charge in [0.15, 0.2) is 0 Å². The van der Waals surface area contributed by atoms with Crippen LogP contribution in [0.25, 0.3) is 0 Å². The standard InChI is InChI=1S/C15H24ClNO3S/c16-14-9-8-10-15(13-14)20-11-6-4-2-1-3-5-7-12-21(17,18)19/h8-10,13H,1-7,11-12H2,(H2,17,18,19). The van der Waals surface area contributed by atoms with Crippen LogP contribution in [0, 0.1) is 0 Å². The Morgan fingerprint density at radius 2 is 1.62 bits per heavy atom. The van der Waals surface area contributed by atoms with E-state index in [0.717, 1.165) is 44.3 Å². The average molecular weight is 334 g/mol. The van der Waals surface area contributed by atoms with Gasteiger partial charge >= 0.3 is 0 Å². The van der Waals surface area contributed by atoms with Crippen molar-refractivity contribution in [1.82, 2.24) is 0 Å². The summed E-state index contributed by atoms with van der Waals surface area (Å²) < 4.78 is 27.1. The number of benzene rings is 1. The minimum Gasteiger partial charge on any atom is -0.494 e. The van der Waals surface area contributed by atoms with Gasteiger partial charge in [-0.2, -0.15) is 0 Å². The first kappa shape index (κ1) is 18.3. The van der Waals surface area contributed by atoms with E-state index in [9.17, 15) is 8.42 Å². The van der Waals surface area contributed by atoms with Gasteiger partial charge in [-0.05, 0) is 31.0 Å². The molecule has 1 rings (SSSR count). The Balaban J connectivity index is 1.91. The number of hydrogen-bond donors (Lipinski definition) is 1. The summed E-state index contributed by atoms with van der Waals surface area (Å²) >= 11 is 5.87. The minimum absolute atomic E-state index is 0.0977. The Morgan fingerprint density at radius 3 is 2.24 bits per heavy atom. The van der Waals surface area contributed by atoms with E-state index in [4.69, 9.17) is 21.5 Å². The lowest BCUT2D eigenvalue weighted by Gasteiger charge is -2.06. The molecule has 0 spiro atoms. The van der Waals surface area contributed by atoms with Gasteiger partial charge in [0.1, 0.15) is 5.75 Å². The lowest BCUT2D eigenvalue weighted by Crippen LogP contribution is -2.16. The molecule has 0 aliphatic carbocycles. The predicted octanol–water partition coefficient (Wildman–Crippen LogP) is 3.74. The molecule has 0 bridgehead atoms. The van der Waals surface area contributed by atoms with Crippen molar-refractivity contribution in [3.8, 4) is 5.75 Å². The Hall–Kier alpha value is -0.780. The quantitative estimate of drug-likeness (QED) is 0.627. The molecule has 0 radical (unpaired) electrons. The number of ether oxygens (including phenoxy) is 1. The minimum atomic E-state index is -3.28.